The number of hydrogen-bond donors (Lipinski definition) is 0. The van der Waals surface area contributed by atoms with Crippen LogP contribution in [0.2, 0.25) is 0 Å². The van der Waals surface area contributed by atoms with Crippen molar-refractivity contribution in [3.63, 3.8) is 0 Å². The lowest BCUT2D eigenvalue weighted by Gasteiger charge is -2.12. The molecule has 0 aliphatic heterocycles. The first-order chi connectivity index (χ1) is 31.2. The number of thiophene rings is 1. The summed E-state index contributed by atoms with van der Waals surface area (Å²) in [5.41, 5.74) is 13.5. The van der Waals surface area contributed by atoms with Gasteiger partial charge in [0.2, 0.25) is 11.9 Å². The average Bonchev–Trinajstić information content (AvgIpc) is 4.04. The van der Waals surface area contributed by atoms with Gasteiger partial charge in [-0.2, -0.15) is 0 Å². The minimum atomic E-state index is 0.648. The largest absolute Gasteiger partial charge is 0.278 e. The van der Waals surface area contributed by atoms with Crippen molar-refractivity contribution in [1.29, 1.82) is 0 Å². The molecule has 0 unspecified atom stereocenters. The van der Waals surface area contributed by atoms with Gasteiger partial charge >= 0.3 is 0 Å². The van der Waals surface area contributed by atoms with Crippen LogP contribution in [-0.4, -0.2) is 29.1 Å². The quantitative estimate of drug-likeness (QED) is 0.168. The Bertz CT molecular complexity index is 3910. The molecule has 5 aromatic heterocycles. The molecule has 7 heteroatoms. The maximum Gasteiger partial charge on any atom is 0.235 e. The molecule has 0 saturated carbocycles. The fourth-order valence-corrected chi connectivity index (χ4v) is 10.4. The van der Waals surface area contributed by atoms with Crippen LogP contribution >= 0.6 is 11.3 Å². The summed E-state index contributed by atoms with van der Waals surface area (Å²) in [5.74, 6) is 1.30. The molecule has 0 spiro atoms. The summed E-state index contributed by atoms with van der Waals surface area (Å²) in [5, 5.41) is 5.61. The lowest BCUT2D eigenvalue weighted by molar-refractivity contribution is 1.01. The van der Waals surface area contributed by atoms with E-state index in [0.717, 1.165) is 98.4 Å². The summed E-state index contributed by atoms with van der Waals surface area (Å²) < 4.78 is 5.51. The van der Waals surface area contributed by atoms with E-state index in [9.17, 15) is 0 Å². The molecule has 63 heavy (non-hydrogen) atoms. The number of para-hydroxylation sites is 3. The van der Waals surface area contributed by atoms with E-state index in [1.54, 1.807) is 11.3 Å². The smallest absolute Gasteiger partial charge is 0.235 e. The van der Waals surface area contributed by atoms with Crippen molar-refractivity contribution in [3.8, 4) is 56.0 Å². The Morgan fingerprint density at radius 2 is 0.746 bits per heavy atom. The summed E-state index contributed by atoms with van der Waals surface area (Å²) in [6.45, 7) is 0. The molecule has 13 aromatic rings. The molecule has 294 valence electrons. The van der Waals surface area contributed by atoms with Crippen LogP contribution < -0.4 is 0 Å². The fourth-order valence-electron chi connectivity index (χ4n) is 9.27. The second-order valence-electron chi connectivity index (χ2n) is 15.9. The number of nitrogens with zero attached hydrogens (tertiary/aromatic N) is 6. The molecular weight excluding hydrogens is 789 g/mol. The number of hydrogen-bond acceptors (Lipinski definition) is 5. The van der Waals surface area contributed by atoms with E-state index in [1.807, 2.05) is 18.2 Å². The molecule has 0 atom stereocenters. The second-order valence-corrected chi connectivity index (χ2v) is 16.9. The summed E-state index contributed by atoms with van der Waals surface area (Å²) in [6, 6.07) is 72.6. The van der Waals surface area contributed by atoms with Crippen molar-refractivity contribution in [2.24, 2.45) is 0 Å². The molecule has 0 bridgehead atoms. The Hall–Kier alpha value is -8.26. The third kappa shape index (κ3) is 5.71. The Kier molecular flexibility index (Phi) is 7.98. The van der Waals surface area contributed by atoms with E-state index >= 15 is 0 Å². The van der Waals surface area contributed by atoms with Gasteiger partial charge in [0.15, 0.2) is 0 Å². The van der Waals surface area contributed by atoms with Crippen LogP contribution in [0.1, 0.15) is 0 Å². The predicted molar refractivity (Wildman–Crippen MR) is 261 cm³/mol. The predicted octanol–water partition coefficient (Wildman–Crippen LogP) is 14.5. The van der Waals surface area contributed by atoms with Crippen LogP contribution in [0.15, 0.2) is 206 Å². The third-order valence-electron chi connectivity index (χ3n) is 12.2. The summed E-state index contributed by atoms with van der Waals surface area (Å²) in [7, 11) is 0. The van der Waals surface area contributed by atoms with E-state index in [-0.39, 0.29) is 0 Å². The molecule has 0 N–H and O–H groups in total. The second kappa shape index (κ2) is 14.2. The van der Waals surface area contributed by atoms with Gasteiger partial charge in [-0.25, -0.2) is 19.9 Å². The third-order valence-corrected chi connectivity index (χ3v) is 13.4. The highest BCUT2D eigenvalue weighted by molar-refractivity contribution is 7.22. The van der Waals surface area contributed by atoms with Crippen molar-refractivity contribution in [3.05, 3.63) is 206 Å². The first kappa shape index (κ1) is 35.5. The van der Waals surface area contributed by atoms with Crippen molar-refractivity contribution < 1.29 is 0 Å². The SMILES string of the molecule is c1ccc(-c2cc3nc(-n4c5ccccc5c5cc(-c6ccc7c(c6)c6ccccc6n7-c6nc(-c7ccccc7)c7ccccc7n6)ccc54)nc(-c4ccccc4)c3s2)cc1. The Balaban J connectivity index is 0.978. The number of rotatable bonds is 6. The topological polar surface area (TPSA) is 61.4 Å². The Morgan fingerprint density at radius 1 is 0.302 bits per heavy atom. The van der Waals surface area contributed by atoms with Crippen LogP contribution in [-0.2, 0) is 0 Å². The highest BCUT2D eigenvalue weighted by atomic mass is 32.1. The van der Waals surface area contributed by atoms with E-state index in [4.69, 9.17) is 19.9 Å². The van der Waals surface area contributed by atoms with Crippen molar-refractivity contribution in [2.75, 3.05) is 0 Å². The maximum atomic E-state index is 5.38. The maximum absolute atomic E-state index is 5.38. The minimum absolute atomic E-state index is 0.648. The van der Waals surface area contributed by atoms with Gasteiger partial charge in [-0.15, -0.1) is 11.3 Å². The zero-order valence-corrected chi connectivity index (χ0v) is 34.5. The number of fused-ring (bicyclic) bond motifs is 8. The fraction of sp³-hybridized carbons (Fsp3) is 0. The summed E-state index contributed by atoms with van der Waals surface area (Å²) in [6.07, 6.45) is 0. The number of benzene rings is 8. The molecule has 0 radical (unpaired) electrons. The van der Waals surface area contributed by atoms with Gasteiger partial charge in [0, 0.05) is 42.9 Å². The van der Waals surface area contributed by atoms with Crippen LogP contribution in [0.4, 0.5) is 0 Å². The van der Waals surface area contributed by atoms with Crippen LogP contribution in [0.3, 0.4) is 0 Å². The Labute approximate surface area is 365 Å². The molecule has 0 amide bonds. The van der Waals surface area contributed by atoms with Gasteiger partial charge in [0.1, 0.15) is 0 Å². The first-order valence-electron chi connectivity index (χ1n) is 21.1. The minimum Gasteiger partial charge on any atom is -0.278 e. The molecule has 0 aliphatic carbocycles. The summed E-state index contributed by atoms with van der Waals surface area (Å²) in [4.78, 5) is 22.3. The highest BCUT2D eigenvalue weighted by Crippen LogP contribution is 2.41. The normalized spacial score (nSPS) is 11.8. The lowest BCUT2D eigenvalue weighted by Crippen LogP contribution is -2.03. The van der Waals surface area contributed by atoms with Gasteiger partial charge in [0.25, 0.3) is 0 Å². The van der Waals surface area contributed by atoms with Gasteiger partial charge < -0.3 is 0 Å². The molecule has 0 fully saturated rings. The van der Waals surface area contributed by atoms with Gasteiger partial charge in [-0.3, -0.25) is 9.13 Å². The van der Waals surface area contributed by atoms with Gasteiger partial charge in [-0.05, 0) is 65.2 Å². The van der Waals surface area contributed by atoms with Crippen molar-refractivity contribution in [1.82, 2.24) is 29.1 Å². The highest BCUT2D eigenvalue weighted by Gasteiger charge is 2.21. The molecule has 8 aromatic carbocycles. The molecule has 6 nitrogen and oxygen atoms in total. The van der Waals surface area contributed by atoms with Crippen LogP contribution in [0.25, 0.3) is 121 Å². The molecule has 0 saturated heterocycles. The van der Waals surface area contributed by atoms with E-state index in [1.165, 1.54) is 10.4 Å². The van der Waals surface area contributed by atoms with E-state index < -0.39 is 0 Å². The molecule has 13 rings (SSSR count). The Morgan fingerprint density at radius 3 is 1.33 bits per heavy atom. The summed E-state index contributed by atoms with van der Waals surface area (Å²) >= 11 is 1.74. The molecule has 0 aliphatic rings. The average molecular weight is 823 g/mol. The van der Waals surface area contributed by atoms with Crippen molar-refractivity contribution in [2.45, 2.75) is 0 Å². The van der Waals surface area contributed by atoms with Crippen LogP contribution in [0, 0.1) is 0 Å². The van der Waals surface area contributed by atoms with Gasteiger partial charge in [-0.1, -0.05) is 158 Å². The molecule has 5 heterocycles. The monoisotopic (exact) mass is 822 g/mol. The van der Waals surface area contributed by atoms with Crippen LogP contribution in [0.5, 0.6) is 0 Å². The zero-order valence-electron chi connectivity index (χ0n) is 33.7. The standard InChI is InChI=1S/C56H34N6S/c1-4-16-35(17-5-1)51-34-46-54(63-51)53(37-20-8-3-9-21-37)60-56(58-46)62-48-27-15-12-23-41(48)44-33-39(29-31-50(44)62)38-28-30-49-43(32-38)40-22-11-14-26-47(40)61(49)55-57-45-25-13-10-24-42(45)52(59-55)36-18-6-2-7-19-36/h1-34H. The van der Waals surface area contributed by atoms with Gasteiger partial charge in [0.05, 0.1) is 49.2 Å². The van der Waals surface area contributed by atoms with Crippen molar-refractivity contribution >= 4 is 76.1 Å². The zero-order chi connectivity index (χ0) is 41.4. The lowest BCUT2D eigenvalue weighted by atomic mass is 10.0. The molecular formula is C56H34N6S. The number of aromatic nitrogens is 6. The van der Waals surface area contributed by atoms with E-state index in [2.05, 4.69) is 197 Å². The first-order valence-corrected chi connectivity index (χ1v) is 21.9. The van der Waals surface area contributed by atoms with E-state index in [0.29, 0.717) is 11.9 Å².